The minimum Gasteiger partial charge on any atom is -0.475 e. The van der Waals surface area contributed by atoms with Crippen LogP contribution in [-0.4, -0.2) is 21.1 Å². The zero-order valence-corrected chi connectivity index (χ0v) is 10.8. The lowest BCUT2D eigenvalue weighted by molar-refractivity contribution is 0.230. The maximum Gasteiger partial charge on any atom is 0.218 e. The third-order valence-corrected chi connectivity index (χ3v) is 2.29. The van der Waals surface area contributed by atoms with E-state index in [1.165, 1.54) is 12.4 Å². The molecular weight excluding hydrogens is 247 g/mol. The quantitative estimate of drug-likeness (QED) is 0.838. The van der Waals surface area contributed by atoms with Gasteiger partial charge in [0.2, 0.25) is 11.8 Å². The number of halogens is 1. The fourth-order valence-electron chi connectivity index (χ4n) is 1.50. The molecule has 2 rings (SSSR count). The van der Waals surface area contributed by atoms with Gasteiger partial charge in [0.25, 0.3) is 0 Å². The first-order valence-electron chi connectivity index (χ1n) is 5.97. The van der Waals surface area contributed by atoms with Crippen molar-refractivity contribution in [2.24, 2.45) is 0 Å². The van der Waals surface area contributed by atoms with Crippen molar-refractivity contribution in [3.8, 4) is 5.88 Å². The number of hydrogen-bond acceptors (Lipinski definition) is 5. The Hall–Kier alpha value is -2.24. The average molecular weight is 262 g/mol. The molecule has 0 bridgehead atoms. The molecule has 5 nitrogen and oxygen atoms in total. The molecule has 0 aliphatic carbocycles. The van der Waals surface area contributed by atoms with Gasteiger partial charge in [-0.2, -0.15) is 4.39 Å². The van der Waals surface area contributed by atoms with Crippen LogP contribution in [0.5, 0.6) is 5.88 Å². The van der Waals surface area contributed by atoms with E-state index in [1.807, 2.05) is 26.0 Å². The van der Waals surface area contributed by atoms with Crippen molar-refractivity contribution in [3.63, 3.8) is 0 Å². The monoisotopic (exact) mass is 262 g/mol. The van der Waals surface area contributed by atoms with Crippen LogP contribution >= 0.6 is 0 Å². The number of nitrogens with one attached hydrogen (secondary N) is 1. The van der Waals surface area contributed by atoms with Gasteiger partial charge in [-0.25, -0.2) is 15.0 Å². The van der Waals surface area contributed by atoms with Crippen LogP contribution in [0.2, 0.25) is 0 Å². The standard InChI is InChI=1S/C13H15FN4O/c1-9(2)19-13-10(4-3-5-15-13)7-16-12-6-11(14)17-8-18-12/h3-6,8-9H,7H2,1-2H3,(H,16,17,18). The number of nitrogens with zero attached hydrogens (tertiary/aromatic N) is 3. The van der Waals surface area contributed by atoms with Gasteiger partial charge >= 0.3 is 0 Å². The summed E-state index contributed by atoms with van der Waals surface area (Å²) in [5.41, 5.74) is 0.884. The Kier molecular flexibility index (Phi) is 4.22. The van der Waals surface area contributed by atoms with Crippen molar-refractivity contribution in [3.05, 3.63) is 42.2 Å². The molecule has 19 heavy (non-hydrogen) atoms. The lowest BCUT2D eigenvalue weighted by Gasteiger charge is -2.13. The zero-order valence-electron chi connectivity index (χ0n) is 10.8. The number of hydrogen-bond donors (Lipinski definition) is 1. The summed E-state index contributed by atoms with van der Waals surface area (Å²) in [5, 5.41) is 3.00. The van der Waals surface area contributed by atoms with Crippen molar-refractivity contribution in [2.45, 2.75) is 26.5 Å². The van der Waals surface area contributed by atoms with Crippen LogP contribution in [0.3, 0.4) is 0 Å². The molecule has 2 aromatic heterocycles. The Labute approximate surface area is 110 Å². The minimum absolute atomic E-state index is 0.0464. The number of aromatic nitrogens is 3. The van der Waals surface area contributed by atoms with Crippen molar-refractivity contribution in [2.75, 3.05) is 5.32 Å². The van der Waals surface area contributed by atoms with Crippen LogP contribution in [0, 0.1) is 5.95 Å². The van der Waals surface area contributed by atoms with E-state index in [-0.39, 0.29) is 6.10 Å². The molecule has 0 radical (unpaired) electrons. The highest BCUT2D eigenvalue weighted by atomic mass is 19.1. The summed E-state index contributed by atoms with van der Waals surface area (Å²) >= 11 is 0. The Morgan fingerprint density at radius 2 is 2.16 bits per heavy atom. The van der Waals surface area contributed by atoms with Crippen LogP contribution in [0.25, 0.3) is 0 Å². The summed E-state index contributed by atoms with van der Waals surface area (Å²) in [5.74, 6) is 0.425. The predicted molar refractivity (Wildman–Crippen MR) is 69.3 cm³/mol. The van der Waals surface area contributed by atoms with Crippen molar-refractivity contribution < 1.29 is 9.13 Å². The van der Waals surface area contributed by atoms with E-state index < -0.39 is 5.95 Å². The van der Waals surface area contributed by atoms with E-state index in [4.69, 9.17) is 4.74 Å². The summed E-state index contributed by atoms with van der Waals surface area (Å²) in [6.07, 6.45) is 2.89. The summed E-state index contributed by atoms with van der Waals surface area (Å²) in [4.78, 5) is 11.5. The first-order chi connectivity index (χ1) is 9.15. The van der Waals surface area contributed by atoms with Gasteiger partial charge in [0.05, 0.1) is 6.10 Å². The van der Waals surface area contributed by atoms with Gasteiger partial charge in [0.1, 0.15) is 12.1 Å². The van der Waals surface area contributed by atoms with Crippen LogP contribution in [0.15, 0.2) is 30.7 Å². The van der Waals surface area contributed by atoms with E-state index in [1.54, 1.807) is 6.20 Å². The second kappa shape index (κ2) is 6.08. The van der Waals surface area contributed by atoms with Gasteiger partial charge in [0.15, 0.2) is 0 Å². The molecule has 2 heterocycles. The summed E-state index contributed by atoms with van der Waals surface area (Å²) in [7, 11) is 0. The predicted octanol–water partition coefficient (Wildman–Crippen LogP) is 2.41. The molecule has 0 atom stereocenters. The molecule has 0 saturated carbocycles. The number of anilines is 1. The van der Waals surface area contributed by atoms with E-state index in [0.717, 1.165) is 5.56 Å². The molecule has 6 heteroatoms. The second-order valence-corrected chi connectivity index (χ2v) is 4.21. The topological polar surface area (TPSA) is 59.9 Å². The highest BCUT2D eigenvalue weighted by Gasteiger charge is 2.07. The Morgan fingerprint density at radius 3 is 2.89 bits per heavy atom. The molecule has 2 aromatic rings. The lowest BCUT2D eigenvalue weighted by Crippen LogP contribution is -2.11. The number of pyridine rings is 1. The molecule has 0 saturated heterocycles. The number of rotatable bonds is 5. The van der Waals surface area contributed by atoms with Gasteiger partial charge in [-0.1, -0.05) is 6.07 Å². The third kappa shape index (κ3) is 3.87. The molecule has 1 N–H and O–H groups in total. The molecule has 0 aliphatic heterocycles. The van der Waals surface area contributed by atoms with E-state index in [2.05, 4.69) is 20.3 Å². The third-order valence-electron chi connectivity index (χ3n) is 2.29. The lowest BCUT2D eigenvalue weighted by atomic mass is 10.2. The first-order valence-corrected chi connectivity index (χ1v) is 5.97. The molecule has 0 unspecified atom stereocenters. The highest BCUT2D eigenvalue weighted by Crippen LogP contribution is 2.17. The smallest absolute Gasteiger partial charge is 0.218 e. The van der Waals surface area contributed by atoms with Gasteiger partial charge in [0, 0.05) is 24.4 Å². The van der Waals surface area contributed by atoms with Crippen LogP contribution in [0.4, 0.5) is 10.2 Å². The summed E-state index contributed by atoms with van der Waals surface area (Å²) < 4.78 is 18.5. The molecular formula is C13H15FN4O. The van der Waals surface area contributed by atoms with Crippen molar-refractivity contribution >= 4 is 5.82 Å². The minimum atomic E-state index is -0.567. The van der Waals surface area contributed by atoms with E-state index in [0.29, 0.717) is 18.2 Å². The van der Waals surface area contributed by atoms with E-state index in [9.17, 15) is 4.39 Å². The second-order valence-electron chi connectivity index (χ2n) is 4.21. The molecule has 0 fully saturated rings. The normalized spacial score (nSPS) is 10.5. The van der Waals surface area contributed by atoms with Crippen molar-refractivity contribution in [1.29, 1.82) is 0 Å². The fourth-order valence-corrected chi connectivity index (χ4v) is 1.50. The highest BCUT2D eigenvalue weighted by molar-refractivity contribution is 5.36. The molecule has 100 valence electrons. The molecule has 0 spiro atoms. The summed E-state index contributed by atoms with van der Waals surface area (Å²) in [6.45, 7) is 4.32. The number of ether oxygens (including phenoxy) is 1. The average Bonchev–Trinajstić information content (AvgIpc) is 2.37. The van der Waals surface area contributed by atoms with Crippen LogP contribution in [-0.2, 0) is 6.54 Å². The largest absolute Gasteiger partial charge is 0.475 e. The van der Waals surface area contributed by atoms with Crippen molar-refractivity contribution in [1.82, 2.24) is 15.0 Å². The van der Waals surface area contributed by atoms with Gasteiger partial charge < -0.3 is 10.1 Å². The molecule has 0 aliphatic rings. The van der Waals surface area contributed by atoms with E-state index >= 15 is 0 Å². The van der Waals surface area contributed by atoms with Gasteiger partial charge in [-0.3, -0.25) is 0 Å². The fraction of sp³-hybridized carbons (Fsp3) is 0.308. The summed E-state index contributed by atoms with van der Waals surface area (Å²) in [6, 6.07) is 4.96. The van der Waals surface area contributed by atoms with Crippen LogP contribution < -0.4 is 10.1 Å². The van der Waals surface area contributed by atoms with Gasteiger partial charge in [-0.15, -0.1) is 0 Å². The SMILES string of the molecule is CC(C)Oc1ncccc1CNc1cc(F)ncn1. The first kappa shape index (κ1) is 13.2. The Morgan fingerprint density at radius 1 is 1.32 bits per heavy atom. The Bertz CT molecular complexity index is 548. The molecule has 0 aromatic carbocycles. The molecule has 0 amide bonds. The maximum absolute atomic E-state index is 12.9. The zero-order chi connectivity index (χ0) is 13.7. The van der Waals surface area contributed by atoms with Gasteiger partial charge in [-0.05, 0) is 19.9 Å². The maximum atomic E-state index is 12.9. The van der Waals surface area contributed by atoms with Crippen LogP contribution in [0.1, 0.15) is 19.4 Å². The Balaban J connectivity index is 2.07.